The van der Waals surface area contributed by atoms with E-state index in [0.717, 1.165) is 38.2 Å². The number of hydrogen-bond donors (Lipinski definition) is 1. The van der Waals surface area contributed by atoms with Gasteiger partial charge in [-0.05, 0) is 48.4 Å². The van der Waals surface area contributed by atoms with Crippen molar-refractivity contribution in [1.82, 2.24) is 10.2 Å². The molecule has 0 spiro atoms. The van der Waals surface area contributed by atoms with Gasteiger partial charge in [-0.2, -0.15) is 11.8 Å². The number of rotatable bonds is 6. The third-order valence-corrected chi connectivity index (χ3v) is 4.86. The number of thioether (sulfide) groups is 1. The van der Waals surface area contributed by atoms with Gasteiger partial charge in [0.25, 0.3) is 0 Å². The van der Waals surface area contributed by atoms with Crippen LogP contribution >= 0.6 is 23.1 Å². The van der Waals surface area contributed by atoms with Crippen LogP contribution in [-0.2, 0) is 17.8 Å². The van der Waals surface area contributed by atoms with Gasteiger partial charge in [-0.1, -0.05) is 0 Å². The number of carbonyl (C=O) groups is 1. The summed E-state index contributed by atoms with van der Waals surface area (Å²) < 4.78 is 0. The normalized spacial score (nSPS) is 14.6. The third kappa shape index (κ3) is 3.73. The van der Waals surface area contributed by atoms with Crippen molar-refractivity contribution in [3.63, 3.8) is 0 Å². The number of hydrogen-bond acceptors (Lipinski definition) is 4. The zero-order valence-electron chi connectivity index (χ0n) is 10.8. The molecular weight excluding hydrogens is 264 g/mol. The Labute approximate surface area is 117 Å². The van der Waals surface area contributed by atoms with E-state index in [2.05, 4.69) is 23.0 Å². The predicted molar refractivity (Wildman–Crippen MR) is 79.3 cm³/mol. The molecular formula is C13H20N2OS2. The van der Waals surface area contributed by atoms with Crippen LogP contribution in [-0.4, -0.2) is 42.4 Å². The Morgan fingerprint density at radius 2 is 2.50 bits per heavy atom. The molecule has 5 heteroatoms. The monoisotopic (exact) mass is 284 g/mol. The van der Waals surface area contributed by atoms with E-state index in [1.807, 2.05) is 28.0 Å². The maximum absolute atomic E-state index is 12.0. The van der Waals surface area contributed by atoms with Gasteiger partial charge in [0.1, 0.15) is 0 Å². The molecule has 0 bridgehead atoms. The molecule has 2 rings (SSSR count). The van der Waals surface area contributed by atoms with Crippen LogP contribution in [0.4, 0.5) is 0 Å². The van der Waals surface area contributed by atoms with Crippen molar-refractivity contribution in [3.8, 4) is 0 Å². The van der Waals surface area contributed by atoms with E-state index < -0.39 is 0 Å². The second-order valence-corrected chi connectivity index (χ2v) is 6.44. The molecule has 1 aliphatic rings. The molecule has 0 unspecified atom stereocenters. The summed E-state index contributed by atoms with van der Waals surface area (Å²) >= 11 is 3.66. The van der Waals surface area contributed by atoms with Crippen LogP contribution in [0.25, 0.3) is 0 Å². The predicted octanol–water partition coefficient (Wildman–Crippen LogP) is 1.98. The first-order valence-electron chi connectivity index (χ1n) is 6.34. The zero-order valence-corrected chi connectivity index (χ0v) is 12.4. The number of thiophene rings is 1. The van der Waals surface area contributed by atoms with Crippen LogP contribution in [0.2, 0.25) is 0 Å². The lowest BCUT2D eigenvalue weighted by molar-refractivity contribution is -0.131. The minimum Gasteiger partial charge on any atom is -0.337 e. The molecule has 1 aromatic rings. The molecule has 0 aliphatic carbocycles. The maximum Gasteiger partial charge on any atom is 0.236 e. The van der Waals surface area contributed by atoms with Crippen molar-refractivity contribution in [1.29, 1.82) is 0 Å². The largest absolute Gasteiger partial charge is 0.337 e. The Morgan fingerprint density at radius 3 is 3.33 bits per heavy atom. The Balaban J connectivity index is 1.71. The summed E-state index contributed by atoms with van der Waals surface area (Å²) in [5, 5.41) is 5.36. The number of nitrogens with one attached hydrogen (secondary N) is 1. The molecule has 0 aromatic carbocycles. The highest BCUT2D eigenvalue weighted by molar-refractivity contribution is 7.98. The highest BCUT2D eigenvalue weighted by Crippen LogP contribution is 2.23. The van der Waals surface area contributed by atoms with Gasteiger partial charge in [0.05, 0.1) is 6.54 Å². The van der Waals surface area contributed by atoms with E-state index in [1.165, 1.54) is 10.4 Å². The van der Waals surface area contributed by atoms with Crippen LogP contribution < -0.4 is 5.32 Å². The summed E-state index contributed by atoms with van der Waals surface area (Å²) in [6, 6.07) is 2.14. The lowest BCUT2D eigenvalue weighted by Crippen LogP contribution is -2.41. The fourth-order valence-corrected chi connectivity index (χ4v) is 3.43. The van der Waals surface area contributed by atoms with E-state index in [0.29, 0.717) is 6.54 Å². The first kappa shape index (κ1) is 13.9. The highest BCUT2D eigenvalue weighted by atomic mass is 32.2. The van der Waals surface area contributed by atoms with Gasteiger partial charge in [-0.15, -0.1) is 11.3 Å². The molecule has 1 N–H and O–H groups in total. The van der Waals surface area contributed by atoms with Gasteiger partial charge in [-0.3, -0.25) is 4.79 Å². The fraction of sp³-hybridized carbons (Fsp3) is 0.615. The molecule has 100 valence electrons. The van der Waals surface area contributed by atoms with Gasteiger partial charge < -0.3 is 10.2 Å². The summed E-state index contributed by atoms with van der Waals surface area (Å²) in [6.45, 7) is 3.08. The van der Waals surface area contributed by atoms with Crippen molar-refractivity contribution in [2.24, 2.45) is 0 Å². The van der Waals surface area contributed by atoms with Crippen molar-refractivity contribution in [3.05, 3.63) is 21.9 Å². The van der Waals surface area contributed by atoms with E-state index in [9.17, 15) is 4.79 Å². The number of nitrogens with zero attached hydrogens (tertiary/aromatic N) is 1. The number of carbonyl (C=O) groups excluding carboxylic acids is 1. The standard InChI is InChI=1S/C13H20N2OS2/c1-17-7-2-5-14-9-13(16)15-6-3-12-11(10-15)4-8-18-12/h4,8,14H,2-3,5-7,9-10H2,1H3. The molecule has 1 aliphatic heterocycles. The third-order valence-electron chi connectivity index (χ3n) is 3.14. The maximum atomic E-state index is 12.0. The quantitative estimate of drug-likeness (QED) is 0.811. The summed E-state index contributed by atoms with van der Waals surface area (Å²) in [5.41, 5.74) is 1.34. The van der Waals surface area contributed by atoms with Crippen molar-refractivity contribution < 1.29 is 4.79 Å². The van der Waals surface area contributed by atoms with E-state index in [1.54, 1.807) is 0 Å². The summed E-state index contributed by atoms with van der Waals surface area (Å²) in [5.74, 6) is 1.39. The van der Waals surface area contributed by atoms with Crippen LogP contribution in [0.3, 0.4) is 0 Å². The lowest BCUT2D eigenvalue weighted by atomic mass is 10.1. The van der Waals surface area contributed by atoms with Crippen molar-refractivity contribution in [2.45, 2.75) is 19.4 Å². The van der Waals surface area contributed by atoms with Gasteiger partial charge in [0.2, 0.25) is 5.91 Å². The molecule has 1 amide bonds. The van der Waals surface area contributed by atoms with Crippen LogP contribution in [0, 0.1) is 0 Å². The van der Waals surface area contributed by atoms with Gasteiger partial charge >= 0.3 is 0 Å². The first-order chi connectivity index (χ1) is 8.81. The summed E-state index contributed by atoms with van der Waals surface area (Å²) in [7, 11) is 0. The van der Waals surface area contributed by atoms with Gasteiger partial charge in [-0.25, -0.2) is 0 Å². The van der Waals surface area contributed by atoms with Crippen LogP contribution in [0.15, 0.2) is 11.4 Å². The Kier molecular flexibility index (Phi) is 5.53. The van der Waals surface area contributed by atoms with Gasteiger partial charge in [0, 0.05) is 18.0 Å². The van der Waals surface area contributed by atoms with Crippen LogP contribution in [0.5, 0.6) is 0 Å². The molecule has 0 saturated carbocycles. The highest BCUT2D eigenvalue weighted by Gasteiger charge is 2.20. The van der Waals surface area contributed by atoms with E-state index in [4.69, 9.17) is 0 Å². The molecule has 18 heavy (non-hydrogen) atoms. The number of fused-ring (bicyclic) bond motifs is 1. The second-order valence-electron chi connectivity index (χ2n) is 4.46. The minimum atomic E-state index is 0.232. The molecule has 2 heterocycles. The minimum absolute atomic E-state index is 0.232. The van der Waals surface area contributed by atoms with Crippen molar-refractivity contribution in [2.75, 3.05) is 31.6 Å². The summed E-state index contributed by atoms with van der Waals surface area (Å²) in [4.78, 5) is 15.4. The fourth-order valence-electron chi connectivity index (χ4n) is 2.11. The molecule has 0 saturated heterocycles. The summed E-state index contributed by atoms with van der Waals surface area (Å²) in [6.07, 6.45) is 4.26. The SMILES string of the molecule is CSCCCNCC(=O)N1CCc2sccc2C1. The number of amides is 1. The Hall–Kier alpha value is -0.520. The zero-order chi connectivity index (χ0) is 12.8. The first-order valence-corrected chi connectivity index (χ1v) is 8.61. The smallest absolute Gasteiger partial charge is 0.236 e. The molecule has 1 aromatic heterocycles. The average Bonchev–Trinajstić information content (AvgIpc) is 2.85. The average molecular weight is 284 g/mol. The van der Waals surface area contributed by atoms with Crippen LogP contribution in [0.1, 0.15) is 16.9 Å². The molecule has 3 nitrogen and oxygen atoms in total. The van der Waals surface area contributed by atoms with Gasteiger partial charge in [0.15, 0.2) is 0 Å². The molecule has 0 fully saturated rings. The topological polar surface area (TPSA) is 32.3 Å². The Morgan fingerprint density at radius 1 is 1.61 bits per heavy atom. The second kappa shape index (κ2) is 7.16. The lowest BCUT2D eigenvalue weighted by Gasteiger charge is -2.27. The Bertz CT molecular complexity index is 392. The van der Waals surface area contributed by atoms with Crippen molar-refractivity contribution >= 4 is 29.0 Å². The van der Waals surface area contributed by atoms with E-state index in [-0.39, 0.29) is 5.91 Å². The molecule has 0 atom stereocenters. The molecule has 0 radical (unpaired) electrons. The van der Waals surface area contributed by atoms with E-state index >= 15 is 0 Å².